The van der Waals surface area contributed by atoms with E-state index in [0.717, 1.165) is 5.69 Å². The number of aliphatic imine (C=N–C) groups is 2. The van der Waals surface area contributed by atoms with Gasteiger partial charge in [-0.25, -0.2) is 4.99 Å². The lowest BCUT2D eigenvalue weighted by Gasteiger charge is -2.30. The van der Waals surface area contributed by atoms with Crippen LogP contribution in [0.5, 0.6) is 0 Å². The van der Waals surface area contributed by atoms with Gasteiger partial charge < -0.3 is 16.4 Å². The molecule has 1 heterocycles. The summed E-state index contributed by atoms with van der Waals surface area (Å²) in [7, 11) is 0. The summed E-state index contributed by atoms with van der Waals surface area (Å²) < 4.78 is 0. The summed E-state index contributed by atoms with van der Waals surface area (Å²) in [6.07, 6.45) is 0. The quantitative estimate of drug-likeness (QED) is 0.780. The first kappa shape index (κ1) is 12.4. The number of rotatable bonds is 1. The lowest BCUT2D eigenvalue weighted by atomic mass is 10.1. The number of hydrogen-bond donors (Lipinski definition) is 2. The summed E-state index contributed by atoms with van der Waals surface area (Å²) in [5, 5.41) is 0. The van der Waals surface area contributed by atoms with Crippen LogP contribution in [-0.4, -0.2) is 24.0 Å². The van der Waals surface area contributed by atoms with Gasteiger partial charge >= 0.3 is 0 Å². The zero-order valence-electron chi connectivity index (χ0n) is 11.0. The van der Waals surface area contributed by atoms with Crippen LogP contribution in [-0.2, 0) is 0 Å². The fourth-order valence-electron chi connectivity index (χ4n) is 2.01. The number of nitrogens with zero attached hydrogens (tertiary/aromatic N) is 3. The van der Waals surface area contributed by atoms with E-state index in [0.29, 0.717) is 5.96 Å². The van der Waals surface area contributed by atoms with E-state index in [2.05, 4.69) is 36.0 Å². The number of guanidine groups is 2. The fraction of sp³-hybridized carbons (Fsp3) is 0.385. The van der Waals surface area contributed by atoms with Crippen molar-refractivity contribution < 1.29 is 0 Å². The molecule has 5 nitrogen and oxygen atoms in total. The van der Waals surface area contributed by atoms with Gasteiger partial charge in [0.2, 0.25) is 11.9 Å². The predicted molar refractivity (Wildman–Crippen MR) is 75.8 cm³/mol. The van der Waals surface area contributed by atoms with Crippen LogP contribution < -0.4 is 16.4 Å². The molecule has 0 fully saturated rings. The highest BCUT2D eigenvalue weighted by Crippen LogP contribution is 2.21. The predicted octanol–water partition coefficient (Wildman–Crippen LogP) is 1.22. The summed E-state index contributed by atoms with van der Waals surface area (Å²) in [6, 6.07) is 8.31. The molecule has 18 heavy (non-hydrogen) atoms. The maximum Gasteiger partial charge on any atom is 0.218 e. The van der Waals surface area contributed by atoms with E-state index in [-0.39, 0.29) is 18.0 Å². The first-order valence-electron chi connectivity index (χ1n) is 6.02. The number of aryl methyl sites for hydroxylation is 1. The highest BCUT2D eigenvalue weighted by molar-refractivity contribution is 6.03. The van der Waals surface area contributed by atoms with E-state index in [1.807, 2.05) is 24.0 Å². The third-order valence-electron chi connectivity index (χ3n) is 3.23. The van der Waals surface area contributed by atoms with Crippen LogP contribution in [0.2, 0.25) is 0 Å². The Balaban J connectivity index is 2.42. The molecule has 0 bridgehead atoms. The maximum atomic E-state index is 6.01. The van der Waals surface area contributed by atoms with E-state index >= 15 is 0 Å². The zero-order chi connectivity index (χ0) is 13.3. The molecule has 0 amide bonds. The maximum absolute atomic E-state index is 6.01. The Hall–Kier alpha value is -2.04. The molecule has 2 unspecified atom stereocenters. The van der Waals surface area contributed by atoms with Crippen LogP contribution in [0.3, 0.4) is 0 Å². The second-order valence-electron chi connectivity index (χ2n) is 4.64. The molecule has 1 aromatic carbocycles. The van der Waals surface area contributed by atoms with Gasteiger partial charge in [0.25, 0.3) is 0 Å². The Bertz CT molecular complexity index is 489. The van der Waals surface area contributed by atoms with Gasteiger partial charge in [-0.2, -0.15) is 4.99 Å². The standard InChI is InChI=1S/C13H19N5/c1-8-4-6-11(7-5-8)18-10(3)9(2)16-12(14)17-13(18)15/h4-7,9-10H,1-3H3,(H4,14,15,16,17). The minimum atomic E-state index is 0.0381. The van der Waals surface area contributed by atoms with Gasteiger partial charge in [0.1, 0.15) is 0 Å². The van der Waals surface area contributed by atoms with E-state index in [1.54, 1.807) is 0 Å². The van der Waals surface area contributed by atoms with E-state index in [1.165, 1.54) is 5.56 Å². The number of benzene rings is 1. The molecule has 0 saturated carbocycles. The summed E-state index contributed by atoms with van der Waals surface area (Å²) in [5.41, 5.74) is 13.9. The molecule has 0 aromatic heterocycles. The summed E-state index contributed by atoms with van der Waals surface area (Å²) >= 11 is 0. The zero-order valence-corrected chi connectivity index (χ0v) is 11.0. The lowest BCUT2D eigenvalue weighted by Crippen LogP contribution is -2.46. The Labute approximate surface area is 107 Å². The highest BCUT2D eigenvalue weighted by atomic mass is 15.3. The molecule has 1 aliphatic heterocycles. The Morgan fingerprint density at radius 3 is 2.33 bits per heavy atom. The SMILES string of the molecule is Cc1ccc(N2C(N)=NC(N)=NC(C)C2C)cc1. The van der Waals surface area contributed by atoms with Crippen LogP contribution in [0.15, 0.2) is 34.3 Å². The van der Waals surface area contributed by atoms with E-state index in [4.69, 9.17) is 11.5 Å². The molecule has 2 rings (SSSR count). The smallest absolute Gasteiger partial charge is 0.218 e. The average Bonchev–Trinajstić information content (AvgIpc) is 2.39. The monoisotopic (exact) mass is 245 g/mol. The summed E-state index contributed by atoms with van der Waals surface area (Å²) in [5.74, 6) is 0.624. The van der Waals surface area contributed by atoms with Gasteiger partial charge in [0, 0.05) is 5.69 Å². The minimum Gasteiger partial charge on any atom is -0.369 e. The van der Waals surface area contributed by atoms with E-state index < -0.39 is 0 Å². The van der Waals surface area contributed by atoms with Crippen molar-refractivity contribution in [1.82, 2.24) is 0 Å². The van der Waals surface area contributed by atoms with Gasteiger partial charge in [0.05, 0.1) is 12.1 Å². The molecule has 1 aliphatic rings. The van der Waals surface area contributed by atoms with Crippen molar-refractivity contribution in [2.24, 2.45) is 21.5 Å². The van der Waals surface area contributed by atoms with Crippen LogP contribution in [0, 0.1) is 6.92 Å². The van der Waals surface area contributed by atoms with Crippen LogP contribution >= 0.6 is 0 Å². The first-order chi connectivity index (χ1) is 8.49. The van der Waals surface area contributed by atoms with Crippen LogP contribution in [0.25, 0.3) is 0 Å². The van der Waals surface area contributed by atoms with Gasteiger partial charge in [-0.1, -0.05) is 17.7 Å². The molecular weight excluding hydrogens is 226 g/mol. The van der Waals surface area contributed by atoms with Crippen molar-refractivity contribution in [2.75, 3.05) is 4.90 Å². The van der Waals surface area contributed by atoms with Gasteiger partial charge in [-0.05, 0) is 32.9 Å². The molecule has 4 N–H and O–H groups in total. The average molecular weight is 245 g/mol. The van der Waals surface area contributed by atoms with Crippen molar-refractivity contribution in [1.29, 1.82) is 0 Å². The number of anilines is 1. The van der Waals surface area contributed by atoms with Crippen molar-refractivity contribution in [3.8, 4) is 0 Å². The summed E-state index contributed by atoms with van der Waals surface area (Å²) in [4.78, 5) is 10.4. The molecular formula is C13H19N5. The fourth-order valence-corrected chi connectivity index (χ4v) is 2.01. The largest absolute Gasteiger partial charge is 0.369 e. The molecule has 2 atom stereocenters. The first-order valence-corrected chi connectivity index (χ1v) is 6.02. The molecule has 0 aliphatic carbocycles. The molecule has 5 heteroatoms. The van der Waals surface area contributed by atoms with Gasteiger partial charge in [-0.3, -0.25) is 0 Å². The van der Waals surface area contributed by atoms with Gasteiger partial charge in [0.15, 0.2) is 0 Å². The van der Waals surface area contributed by atoms with Crippen LogP contribution in [0.1, 0.15) is 19.4 Å². The van der Waals surface area contributed by atoms with E-state index in [9.17, 15) is 0 Å². The van der Waals surface area contributed by atoms with Crippen molar-refractivity contribution in [2.45, 2.75) is 32.9 Å². The topological polar surface area (TPSA) is 80.0 Å². The molecule has 0 saturated heterocycles. The lowest BCUT2D eigenvalue weighted by molar-refractivity contribution is 0.602. The second kappa shape index (κ2) is 4.68. The summed E-state index contributed by atoms with van der Waals surface area (Å²) in [6.45, 7) is 6.12. The molecule has 1 aromatic rings. The second-order valence-corrected chi connectivity index (χ2v) is 4.64. The van der Waals surface area contributed by atoms with Crippen molar-refractivity contribution in [3.63, 3.8) is 0 Å². The van der Waals surface area contributed by atoms with Crippen LogP contribution in [0.4, 0.5) is 5.69 Å². The Morgan fingerprint density at radius 2 is 1.72 bits per heavy atom. The Kier molecular flexibility index (Phi) is 3.23. The highest BCUT2D eigenvalue weighted by Gasteiger charge is 2.26. The minimum absolute atomic E-state index is 0.0381. The normalized spacial score (nSPS) is 24.3. The third-order valence-corrected chi connectivity index (χ3v) is 3.23. The van der Waals surface area contributed by atoms with Crippen molar-refractivity contribution >= 4 is 17.6 Å². The Morgan fingerprint density at radius 1 is 1.11 bits per heavy atom. The number of nitrogens with two attached hydrogens (primary N) is 2. The molecule has 0 radical (unpaired) electrons. The number of hydrogen-bond acceptors (Lipinski definition) is 5. The molecule has 96 valence electrons. The van der Waals surface area contributed by atoms with Crippen molar-refractivity contribution in [3.05, 3.63) is 29.8 Å². The third kappa shape index (κ3) is 2.30. The van der Waals surface area contributed by atoms with Gasteiger partial charge in [-0.15, -0.1) is 0 Å². The molecule has 0 spiro atoms.